The minimum absolute atomic E-state index is 0.382. The lowest BCUT2D eigenvalue weighted by Gasteiger charge is -2.17. The van der Waals surface area contributed by atoms with Gasteiger partial charge in [0.15, 0.2) is 0 Å². The van der Waals surface area contributed by atoms with Crippen LogP contribution in [0.2, 0.25) is 0 Å². The van der Waals surface area contributed by atoms with Gasteiger partial charge in [-0.15, -0.1) is 0 Å². The quantitative estimate of drug-likeness (QED) is 0.778. The number of anilines is 1. The van der Waals surface area contributed by atoms with E-state index in [2.05, 4.69) is 55.5 Å². The minimum atomic E-state index is 0.382. The van der Waals surface area contributed by atoms with Crippen LogP contribution in [-0.2, 0) is 6.54 Å². The average molecular weight is 331 g/mol. The van der Waals surface area contributed by atoms with Gasteiger partial charge in [0.25, 0.3) is 0 Å². The molecule has 1 fully saturated rings. The SMILES string of the molecule is c1ccc(CN2CCC(Nc3nccc(-c4cccnc4)n3)C2)cc1. The van der Waals surface area contributed by atoms with E-state index in [-0.39, 0.29) is 0 Å². The molecule has 1 unspecified atom stereocenters. The van der Waals surface area contributed by atoms with Gasteiger partial charge in [-0.05, 0) is 30.2 Å². The van der Waals surface area contributed by atoms with Crippen LogP contribution in [0.3, 0.4) is 0 Å². The highest BCUT2D eigenvalue weighted by atomic mass is 15.2. The smallest absolute Gasteiger partial charge is 0.223 e. The normalized spacial score (nSPS) is 17.5. The summed E-state index contributed by atoms with van der Waals surface area (Å²) in [6, 6.07) is 16.8. The van der Waals surface area contributed by atoms with Crippen molar-refractivity contribution < 1.29 is 0 Å². The molecule has 25 heavy (non-hydrogen) atoms. The molecule has 0 aliphatic carbocycles. The number of likely N-dealkylation sites (tertiary alicyclic amines) is 1. The molecular weight excluding hydrogens is 310 g/mol. The summed E-state index contributed by atoms with van der Waals surface area (Å²) in [7, 11) is 0. The van der Waals surface area contributed by atoms with Gasteiger partial charge < -0.3 is 5.32 Å². The largest absolute Gasteiger partial charge is 0.350 e. The first-order chi connectivity index (χ1) is 12.4. The summed E-state index contributed by atoms with van der Waals surface area (Å²) in [5, 5.41) is 3.48. The van der Waals surface area contributed by atoms with Gasteiger partial charge in [-0.2, -0.15) is 0 Å². The Labute approximate surface area is 147 Å². The number of hydrogen-bond donors (Lipinski definition) is 1. The van der Waals surface area contributed by atoms with E-state index in [1.54, 1.807) is 12.4 Å². The lowest BCUT2D eigenvalue weighted by atomic mass is 10.2. The number of hydrogen-bond acceptors (Lipinski definition) is 5. The van der Waals surface area contributed by atoms with Crippen LogP contribution >= 0.6 is 0 Å². The van der Waals surface area contributed by atoms with Gasteiger partial charge in [0.1, 0.15) is 0 Å². The number of nitrogens with one attached hydrogen (secondary N) is 1. The summed E-state index contributed by atoms with van der Waals surface area (Å²) in [5.74, 6) is 0.688. The fourth-order valence-electron chi connectivity index (χ4n) is 3.22. The molecule has 1 atom stereocenters. The Morgan fingerprint density at radius 1 is 1.04 bits per heavy atom. The van der Waals surface area contributed by atoms with Crippen LogP contribution in [0.15, 0.2) is 67.1 Å². The van der Waals surface area contributed by atoms with Crippen molar-refractivity contribution in [2.75, 3.05) is 18.4 Å². The second kappa shape index (κ2) is 7.40. The summed E-state index contributed by atoms with van der Waals surface area (Å²) in [6.07, 6.45) is 6.49. The topological polar surface area (TPSA) is 53.9 Å². The highest BCUT2D eigenvalue weighted by Gasteiger charge is 2.23. The van der Waals surface area contributed by atoms with Crippen molar-refractivity contribution in [3.63, 3.8) is 0 Å². The third-order valence-corrected chi connectivity index (χ3v) is 4.47. The van der Waals surface area contributed by atoms with Crippen LogP contribution in [0.4, 0.5) is 5.95 Å². The molecule has 126 valence electrons. The first-order valence-corrected chi connectivity index (χ1v) is 8.63. The Morgan fingerprint density at radius 3 is 2.80 bits per heavy atom. The van der Waals surface area contributed by atoms with Crippen molar-refractivity contribution in [3.05, 3.63) is 72.7 Å². The predicted molar refractivity (Wildman–Crippen MR) is 99.0 cm³/mol. The molecule has 2 aromatic heterocycles. The molecular formula is C20H21N5. The molecule has 1 saturated heterocycles. The summed E-state index contributed by atoms with van der Waals surface area (Å²) >= 11 is 0. The van der Waals surface area contributed by atoms with Gasteiger partial charge in [0, 0.05) is 49.8 Å². The summed E-state index contributed by atoms with van der Waals surface area (Å²) < 4.78 is 0. The Hall–Kier alpha value is -2.79. The molecule has 0 amide bonds. The number of benzene rings is 1. The van der Waals surface area contributed by atoms with E-state index in [9.17, 15) is 0 Å². The molecule has 4 rings (SSSR count). The molecule has 0 radical (unpaired) electrons. The van der Waals surface area contributed by atoms with Gasteiger partial charge >= 0.3 is 0 Å². The van der Waals surface area contributed by atoms with E-state index in [1.807, 2.05) is 24.4 Å². The molecule has 1 N–H and O–H groups in total. The van der Waals surface area contributed by atoms with Crippen molar-refractivity contribution in [1.82, 2.24) is 19.9 Å². The first-order valence-electron chi connectivity index (χ1n) is 8.63. The van der Waals surface area contributed by atoms with E-state index in [4.69, 9.17) is 0 Å². The van der Waals surface area contributed by atoms with Crippen molar-refractivity contribution in [2.24, 2.45) is 0 Å². The highest BCUT2D eigenvalue weighted by Crippen LogP contribution is 2.19. The fourth-order valence-corrected chi connectivity index (χ4v) is 3.22. The Bertz CT molecular complexity index is 807. The predicted octanol–water partition coefficient (Wildman–Crippen LogP) is 3.23. The Kier molecular flexibility index (Phi) is 4.65. The maximum atomic E-state index is 4.63. The number of nitrogens with zero attached hydrogens (tertiary/aromatic N) is 4. The van der Waals surface area contributed by atoms with E-state index >= 15 is 0 Å². The van der Waals surface area contributed by atoms with Gasteiger partial charge in [0.05, 0.1) is 5.69 Å². The summed E-state index contributed by atoms with van der Waals surface area (Å²) in [5.41, 5.74) is 3.26. The zero-order chi connectivity index (χ0) is 16.9. The summed E-state index contributed by atoms with van der Waals surface area (Å²) in [6.45, 7) is 3.10. The molecule has 3 aromatic rings. The van der Waals surface area contributed by atoms with Gasteiger partial charge in [-0.3, -0.25) is 9.88 Å². The molecule has 5 heteroatoms. The van der Waals surface area contributed by atoms with Crippen molar-refractivity contribution in [2.45, 2.75) is 19.0 Å². The van der Waals surface area contributed by atoms with Gasteiger partial charge in [0.2, 0.25) is 5.95 Å². The third-order valence-electron chi connectivity index (χ3n) is 4.47. The maximum Gasteiger partial charge on any atom is 0.223 e. The van der Waals surface area contributed by atoms with Crippen LogP contribution < -0.4 is 5.32 Å². The van der Waals surface area contributed by atoms with Crippen molar-refractivity contribution >= 4 is 5.95 Å². The van der Waals surface area contributed by atoms with Gasteiger partial charge in [-0.25, -0.2) is 9.97 Å². The first kappa shape index (κ1) is 15.7. The number of aromatic nitrogens is 3. The molecule has 0 spiro atoms. The van der Waals surface area contributed by atoms with Crippen LogP contribution in [-0.4, -0.2) is 39.0 Å². The van der Waals surface area contributed by atoms with E-state index in [1.165, 1.54) is 5.56 Å². The Morgan fingerprint density at radius 2 is 1.96 bits per heavy atom. The zero-order valence-corrected chi connectivity index (χ0v) is 14.0. The average Bonchev–Trinajstić information content (AvgIpc) is 3.10. The van der Waals surface area contributed by atoms with Crippen LogP contribution in [0.1, 0.15) is 12.0 Å². The monoisotopic (exact) mass is 331 g/mol. The highest BCUT2D eigenvalue weighted by molar-refractivity contribution is 5.58. The lowest BCUT2D eigenvalue weighted by Crippen LogP contribution is -2.26. The molecule has 1 aromatic carbocycles. The lowest BCUT2D eigenvalue weighted by molar-refractivity contribution is 0.328. The maximum absolute atomic E-state index is 4.63. The second-order valence-electron chi connectivity index (χ2n) is 6.36. The van der Waals surface area contributed by atoms with Crippen molar-refractivity contribution in [1.29, 1.82) is 0 Å². The minimum Gasteiger partial charge on any atom is -0.350 e. The molecule has 5 nitrogen and oxygen atoms in total. The number of rotatable bonds is 5. The van der Waals surface area contributed by atoms with Gasteiger partial charge in [-0.1, -0.05) is 30.3 Å². The van der Waals surface area contributed by atoms with E-state index in [0.29, 0.717) is 12.0 Å². The van der Waals surface area contributed by atoms with E-state index < -0.39 is 0 Å². The summed E-state index contributed by atoms with van der Waals surface area (Å²) in [4.78, 5) is 15.6. The third kappa shape index (κ3) is 4.00. The standard InChI is InChI=1S/C20H21N5/c1-2-5-16(6-3-1)14-25-12-9-18(15-25)23-20-22-11-8-19(24-20)17-7-4-10-21-13-17/h1-8,10-11,13,18H,9,12,14-15H2,(H,22,23,24). The molecule has 0 saturated carbocycles. The molecule has 3 heterocycles. The second-order valence-corrected chi connectivity index (χ2v) is 6.36. The van der Waals surface area contributed by atoms with Crippen LogP contribution in [0.25, 0.3) is 11.3 Å². The Balaban J connectivity index is 1.38. The molecule has 1 aliphatic rings. The number of pyridine rings is 1. The molecule has 1 aliphatic heterocycles. The van der Waals surface area contributed by atoms with E-state index in [0.717, 1.165) is 37.3 Å². The van der Waals surface area contributed by atoms with Crippen LogP contribution in [0.5, 0.6) is 0 Å². The zero-order valence-electron chi connectivity index (χ0n) is 14.0. The fraction of sp³-hybridized carbons (Fsp3) is 0.250. The van der Waals surface area contributed by atoms with Crippen molar-refractivity contribution in [3.8, 4) is 11.3 Å². The molecule has 0 bridgehead atoms. The van der Waals surface area contributed by atoms with Crippen LogP contribution in [0, 0.1) is 0 Å².